The molecule has 0 fully saturated rings. The van der Waals surface area contributed by atoms with Gasteiger partial charge in [-0.2, -0.15) is 0 Å². The van der Waals surface area contributed by atoms with Gasteiger partial charge < -0.3 is 4.74 Å². The van der Waals surface area contributed by atoms with E-state index in [1.54, 1.807) is 13.1 Å². The number of nitrogens with zero attached hydrogens (tertiary/aromatic N) is 2. The lowest BCUT2D eigenvalue weighted by molar-refractivity contribution is 0.0529. The zero-order valence-corrected chi connectivity index (χ0v) is 18.6. The summed E-state index contributed by atoms with van der Waals surface area (Å²) < 4.78 is 6.68. The van der Waals surface area contributed by atoms with Crippen molar-refractivity contribution in [1.82, 2.24) is 14.4 Å². The molecule has 0 amide bonds. The number of rotatable bonds is 10. The topological polar surface area (TPSA) is 76.5 Å². The van der Waals surface area contributed by atoms with Crippen LogP contribution in [-0.2, 0) is 4.74 Å². The fourth-order valence-corrected chi connectivity index (χ4v) is 4.55. The Labute approximate surface area is 181 Å². The zero-order chi connectivity index (χ0) is 21.5. The van der Waals surface area contributed by atoms with Gasteiger partial charge in [0, 0.05) is 17.5 Å². The standard InChI is InChI=1S/C23H29N3O3S/c1-4-7-11-16(5-2)15-30-22-24-20-19(21(27)29-6-3)18(14-26(20)23(28)25-22)17-12-9-8-10-13-17/h8-10,12-14,16H,4-7,11,15H2,1-3H3,(H,24,25,28). The van der Waals surface area contributed by atoms with Gasteiger partial charge in [0.2, 0.25) is 0 Å². The summed E-state index contributed by atoms with van der Waals surface area (Å²) >= 11 is 1.54. The van der Waals surface area contributed by atoms with Gasteiger partial charge in [0.1, 0.15) is 5.56 Å². The van der Waals surface area contributed by atoms with Gasteiger partial charge in [-0.3, -0.25) is 9.38 Å². The van der Waals surface area contributed by atoms with Gasteiger partial charge in [-0.05, 0) is 24.8 Å². The summed E-state index contributed by atoms with van der Waals surface area (Å²) in [5, 5.41) is 0.533. The molecule has 3 rings (SSSR count). The van der Waals surface area contributed by atoms with E-state index in [-0.39, 0.29) is 12.3 Å². The summed E-state index contributed by atoms with van der Waals surface area (Å²) in [6.07, 6.45) is 6.31. The first-order valence-electron chi connectivity index (χ1n) is 10.6. The molecule has 2 aromatic heterocycles. The third-order valence-corrected chi connectivity index (χ3v) is 6.29. The average Bonchev–Trinajstić information content (AvgIpc) is 3.15. The molecular formula is C23H29N3O3S. The second-order valence-electron chi connectivity index (χ2n) is 7.27. The van der Waals surface area contributed by atoms with E-state index >= 15 is 0 Å². The molecule has 0 aliphatic heterocycles. The molecule has 2 heterocycles. The van der Waals surface area contributed by atoms with Gasteiger partial charge in [-0.15, -0.1) is 0 Å². The minimum atomic E-state index is -0.470. The van der Waals surface area contributed by atoms with Crippen molar-refractivity contribution >= 4 is 23.4 Å². The number of aromatic amines is 1. The Morgan fingerprint density at radius 1 is 1.23 bits per heavy atom. The van der Waals surface area contributed by atoms with Crippen LogP contribution in [0.25, 0.3) is 16.8 Å². The molecule has 7 heteroatoms. The van der Waals surface area contributed by atoms with Gasteiger partial charge in [0.25, 0.3) is 0 Å². The molecule has 160 valence electrons. The molecule has 1 unspecified atom stereocenters. The molecule has 0 aliphatic rings. The molecular weight excluding hydrogens is 398 g/mol. The van der Waals surface area contributed by atoms with Crippen LogP contribution >= 0.6 is 11.8 Å². The summed E-state index contributed by atoms with van der Waals surface area (Å²) in [5.74, 6) is 0.992. The van der Waals surface area contributed by atoms with Crippen molar-refractivity contribution < 1.29 is 9.53 Å². The highest BCUT2D eigenvalue weighted by atomic mass is 32.2. The number of aromatic nitrogens is 3. The average molecular weight is 428 g/mol. The molecule has 0 bridgehead atoms. The fourth-order valence-electron chi connectivity index (χ4n) is 3.44. The van der Waals surface area contributed by atoms with Gasteiger partial charge in [-0.1, -0.05) is 75.2 Å². The van der Waals surface area contributed by atoms with Gasteiger partial charge >= 0.3 is 11.7 Å². The van der Waals surface area contributed by atoms with Crippen LogP contribution in [0.1, 0.15) is 56.8 Å². The Bertz CT molecular complexity index is 1040. The number of carbonyl (C=O) groups excluding carboxylic acids is 1. The van der Waals surface area contributed by atoms with E-state index in [1.807, 2.05) is 30.3 Å². The Morgan fingerprint density at radius 2 is 2.00 bits per heavy atom. The maximum Gasteiger partial charge on any atom is 0.342 e. The Hall–Kier alpha value is -2.54. The van der Waals surface area contributed by atoms with E-state index in [4.69, 9.17) is 4.74 Å². The number of ether oxygens (including phenoxy) is 1. The number of fused-ring (bicyclic) bond motifs is 1. The number of carbonyl (C=O) groups is 1. The molecule has 1 aromatic carbocycles. The first-order chi connectivity index (χ1) is 14.6. The molecule has 1 atom stereocenters. The number of unbranched alkanes of at least 4 members (excludes halogenated alkanes) is 1. The highest BCUT2D eigenvalue weighted by molar-refractivity contribution is 7.99. The summed E-state index contributed by atoms with van der Waals surface area (Å²) in [6, 6.07) is 9.51. The van der Waals surface area contributed by atoms with Crippen molar-refractivity contribution in [2.45, 2.75) is 51.6 Å². The number of hydrogen-bond acceptors (Lipinski definition) is 5. The molecule has 30 heavy (non-hydrogen) atoms. The monoisotopic (exact) mass is 427 g/mol. The van der Waals surface area contributed by atoms with E-state index in [1.165, 1.54) is 35.4 Å². The summed E-state index contributed by atoms with van der Waals surface area (Å²) in [4.78, 5) is 33.0. The predicted molar refractivity (Wildman–Crippen MR) is 121 cm³/mol. The summed E-state index contributed by atoms with van der Waals surface area (Å²) in [6.45, 7) is 6.41. The molecule has 3 aromatic rings. The third kappa shape index (κ3) is 4.95. The van der Waals surface area contributed by atoms with Crippen molar-refractivity contribution in [3.63, 3.8) is 0 Å². The second kappa shape index (κ2) is 10.5. The Balaban J connectivity index is 2.02. The fraction of sp³-hybridized carbons (Fsp3) is 0.435. The number of nitrogens with one attached hydrogen (secondary N) is 1. The second-order valence-corrected chi connectivity index (χ2v) is 8.28. The van der Waals surface area contributed by atoms with Gasteiger partial charge in [0.05, 0.1) is 6.61 Å². The minimum absolute atomic E-state index is 0.255. The van der Waals surface area contributed by atoms with Crippen LogP contribution in [-0.4, -0.2) is 32.7 Å². The first-order valence-corrected chi connectivity index (χ1v) is 11.6. The molecule has 0 aliphatic carbocycles. The lowest BCUT2D eigenvalue weighted by Crippen LogP contribution is -2.19. The number of H-pyrrole nitrogens is 1. The van der Waals surface area contributed by atoms with E-state index < -0.39 is 5.97 Å². The Kier molecular flexibility index (Phi) is 7.74. The quantitative estimate of drug-likeness (QED) is 0.357. The lowest BCUT2D eigenvalue weighted by atomic mass is 10.0. The molecule has 0 radical (unpaired) electrons. The normalized spacial score (nSPS) is 12.2. The SMILES string of the molecule is CCCCC(CC)CSc1nc2c(C(=O)OCC)c(-c3ccccc3)cn2c(=O)[nH]1. The van der Waals surface area contributed by atoms with Crippen LogP contribution < -0.4 is 5.69 Å². The van der Waals surface area contributed by atoms with Crippen LogP contribution in [0.15, 0.2) is 46.5 Å². The first kappa shape index (κ1) is 22.2. The van der Waals surface area contributed by atoms with E-state index in [0.29, 0.717) is 27.8 Å². The van der Waals surface area contributed by atoms with Crippen molar-refractivity contribution in [3.8, 4) is 11.1 Å². The number of esters is 1. The van der Waals surface area contributed by atoms with E-state index in [9.17, 15) is 9.59 Å². The number of benzene rings is 1. The lowest BCUT2D eigenvalue weighted by Gasteiger charge is -2.13. The minimum Gasteiger partial charge on any atom is -0.462 e. The maximum atomic E-state index is 12.8. The van der Waals surface area contributed by atoms with Crippen molar-refractivity contribution in [2.24, 2.45) is 5.92 Å². The molecule has 6 nitrogen and oxygen atoms in total. The maximum absolute atomic E-state index is 12.8. The number of thioether (sulfide) groups is 1. The summed E-state index contributed by atoms with van der Waals surface area (Å²) in [5.41, 5.74) is 1.83. The molecule has 0 spiro atoms. The van der Waals surface area contributed by atoms with Crippen molar-refractivity contribution in [1.29, 1.82) is 0 Å². The van der Waals surface area contributed by atoms with Crippen LogP contribution in [0.2, 0.25) is 0 Å². The largest absolute Gasteiger partial charge is 0.462 e. The zero-order valence-electron chi connectivity index (χ0n) is 17.8. The molecule has 0 saturated carbocycles. The van der Waals surface area contributed by atoms with Crippen molar-refractivity contribution in [2.75, 3.05) is 12.4 Å². The van der Waals surface area contributed by atoms with Crippen LogP contribution in [0, 0.1) is 5.92 Å². The van der Waals surface area contributed by atoms with Crippen LogP contribution in [0.3, 0.4) is 0 Å². The predicted octanol–water partition coefficient (Wildman–Crippen LogP) is 5.17. The number of hydrogen-bond donors (Lipinski definition) is 1. The van der Waals surface area contributed by atoms with Crippen LogP contribution in [0.5, 0.6) is 0 Å². The highest BCUT2D eigenvalue weighted by Crippen LogP contribution is 2.29. The van der Waals surface area contributed by atoms with Gasteiger partial charge in [-0.25, -0.2) is 14.6 Å². The van der Waals surface area contributed by atoms with E-state index in [2.05, 4.69) is 23.8 Å². The van der Waals surface area contributed by atoms with Gasteiger partial charge in [0.15, 0.2) is 10.8 Å². The highest BCUT2D eigenvalue weighted by Gasteiger charge is 2.23. The van der Waals surface area contributed by atoms with Crippen molar-refractivity contribution in [3.05, 3.63) is 52.6 Å². The van der Waals surface area contributed by atoms with Crippen LogP contribution in [0.4, 0.5) is 0 Å². The smallest absolute Gasteiger partial charge is 0.342 e. The molecule has 0 saturated heterocycles. The third-order valence-electron chi connectivity index (χ3n) is 5.18. The Morgan fingerprint density at radius 3 is 2.67 bits per heavy atom. The van der Waals surface area contributed by atoms with E-state index in [0.717, 1.165) is 17.7 Å². The molecule has 1 N–H and O–H groups in total. The summed E-state index contributed by atoms with van der Waals surface area (Å²) in [7, 11) is 0.